The van der Waals surface area contributed by atoms with Gasteiger partial charge in [-0.05, 0) is 51.5 Å². The molecule has 2 unspecified atom stereocenters. The van der Waals surface area contributed by atoms with E-state index in [1.54, 1.807) is 6.92 Å². The van der Waals surface area contributed by atoms with Crippen molar-refractivity contribution in [2.75, 3.05) is 6.61 Å². The number of Topliss-reactive ketones (excluding diaryl/α,β-unsaturated/α-hetero) is 1. The number of rotatable bonds is 3. The summed E-state index contributed by atoms with van der Waals surface area (Å²) in [5.74, 6) is -1.11. The second-order valence-corrected chi connectivity index (χ2v) is 12.1. The Bertz CT molecular complexity index is 834. The molecule has 3 saturated heterocycles. The van der Waals surface area contributed by atoms with Gasteiger partial charge in [0.15, 0.2) is 17.7 Å². The topological polar surface area (TPSA) is 74.2 Å². The van der Waals surface area contributed by atoms with E-state index >= 15 is 0 Å². The molecule has 6 atom stereocenters. The van der Waals surface area contributed by atoms with Crippen molar-refractivity contribution in [1.29, 1.82) is 0 Å². The van der Waals surface area contributed by atoms with Crippen LogP contribution in [0.3, 0.4) is 0 Å². The minimum atomic E-state index is -0.961. The Kier molecular flexibility index (Phi) is 6.97. The third-order valence-electron chi connectivity index (χ3n) is 9.54. The number of carbonyl (C=O) groups excluding carboxylic acids is 1. The lowest BCUT2D eigenvalue weighted by Gasteiger charge is -2.41. The first-order valence-corrected chi connectivity index (χ1v) is 13.9. The lowest BCUT2D eigenvalue weighted by Crippen LogP contribution is -2.55. The van der Waals surface area contributed by atoms with Crippen molar-refractivity contribution < 1.29 is 28.8 Å². The van der Waals surface area contributed by atoms with Gasteiger partial charge in [0.05, 0.1) is 42.0 Å². The van der Waals surface area contributed by atoms with E-state index in [4.69, 9.17) is 18.9 Å². The van der Waals surface area contributed by atoms with Crippen molar-refractivity contribution in [1.82, 2.24) is 0 Å². The number of hydrogen-bond acceptors (Lipinski definition) is 6. The molecule has 2 saturated carbocycles. The molecule has 2 spiro atoms. The number of carbonyl (C=O) groups is 1. The highest BCUT2D eigenvalue weighted by Gasteiger charge is 2.64. The molecule has 1 N–H and O–H groups in total. The Labute approximate surface area is 210 Å². The van der Waals surface area contributed by atoms with Gasteiger partial charge in [0, 0.05) is 12.8 Å². The Hall–Kier alpha value is -1.21. The van der Waals surface area contributed by atoms with Gasteiger partial charge in [-0.3, -0.25) is 4.79 Å². The molecule has 0 amide bonds. The van der Waals surface area contributed by atoms with Crippen molar-refractivity contribution in [3.05, 3.63) is 24.5 Å². The number of hydrogen-bond donors (Lipinski definition) is 1. The molecule has 2 aliphatic carbocycles. The maximum atomic E-state index is 13.4. The fourth-order valence-electron chi connectivity index (χ4n) is 7.57. The highest BCUT2D eigenvalue weighted by Crippen LogP contribution is 2.56. The second kappa shape index (κ2) is 9.59. The van der Waals surface area contributed by atoms with E-state index < -0.39 is 35.6 Å². The van der Waals surface area contributed by atoms with Gasteiger partial charge in [-0.15, -0.1) is 0 Å². The molecule has 6 heteroatoms. The van der Waals surface area contributed by atoms with E-state index in [9.17, 15) is 9.90 Å². The van der Waals surface area contributed by atoms with E-state index in [1.807, 2.05) is 6.92 Å². The minimum Gasteiger partial charge on any atom is -0.486 e. The predicted molar refractivity (Wildman–Crippen MR) is 133 cm³/mol. The molecular formula is C29H44O6. The van der Waals surface area contributed by atoms with Gasteiger partial charge in [0.1, 0.15) is 5.60 Å². The smallest absolute Gasteiger partial charge is 0.198 e. The molecule has 5 rings (SSSR count). The first-order valence-electron chi connectivity index (χ1n) is 13.9. The van der Waals surface area contributed by atoms with Crippen LogP contribution in [0.4, 0.5) is 0 Å². The largest absolute Gasteiger partial charge is 0.486 e. The maximum Gasteiger partial charge on any atom is 0.198 e. The molecule has 3 aliphatic heterocycles. The molecule has 3 heterocycles. The zero-order valence-electron chi connectivity index (χ0n) is 21.7. The quantitative estimate of drug-likeness (QED) is 0.538. The number of aliphatic hydroxyl groups is 1. The van der Waals surface area contributed by atoms with Crippen LogP contribution in [0.5, 0.6) is 0 Å². The van der Waals surface area contributed by atoms with Crippen LogP contribution in [-0.2, 0) is 23.7 Å². The molecule has 6 nitrogen and oxygen atoms in total. The number of ether oxygens (including phenoxy) is 4. The molecule has 0 bridgehead atoms. The van der Waals surface area contributed by atoms with Crippen molar-refractivity contribution in [2.45, 2.75) is 133 Å². The highest BCUT2D eigenvalue weighted by atomic mass is 16.7. The third-order valence-corrected chi connectivity index (χ3v) is 9.54. The van der Waals surface area contributed by atoms with E-state index in [0.29, 0.717) is 17.9 Å². The number of ketones is 1. The molecule has 0 aromatic heterocycles. The normalized spacial score (nSPS) is 41.0. The maximum absolute atomic E-state index is 13.4. The Morgan fingerprint density at radius 1 is 1.00 bits per heavy atom. The van der Waals surface area contributed by atoms with Gasteiger partial charge in [0.25, 0.3) is 0 Å². The number of aliphatic hydroxyl groups excluding tert-OH is 1. The standard InChI is InChI=1S/C29H44O6/c1-19(2)24(30)25-23(22-18-32-29(34-22)15-11-7-8-12-16-29)26(31)27(4)21(20(3)33-25)17-28(35-27)13-9-5-6-10-14-28/h21-23,25-26,31H,1,3,5-18H2,2,4H3/t21-,22?,23+,25?,26+,27+/m1/s1. The molecule has 0 radical (unpaired) electrons. The van der Waals surface area contributed by atoms with Gasteiger partial charge in [-0.2, -0.15) is 0 Å². The van der Waals surface area contributed by atoms with E-state index in [-0.39, 0.29) is 17.3 Å². The zero-order chi connectivity index (χ0) is 24.8. The third kappa shape index (κ3) is 4.54. The summed E-state index contributed by atoms with van der Waals surface area (Å²) in [6.45, 7) is 12.2. The highest BCUT2D eigenvalue weighted by molar-refractivity contribution is 5.98. The summed E-state index contributed by atoms with van der Waals surface area (Å²) in [5.41, 5.74) is -0.769. The monoisotopic (exact) mass is 488 g/mol. The van der Waals surface area contributed by atoms with Crippen molar-refractivity contribution >= 4 is 5.78 Å². The van der Waals surface area contributed by atoms with Gasteiger partial charge in [0.2, 0.25) is 0 Å². The summed E-state index contributed by atoms with van der Waals surface area (Å²) in [6.07, 6.45) is 11.3. The minimum absolute atomic E-state index is 0.185. The SMILES string of the molecule is C=C(C)C(=O)C1OC(=C)[C@H]2CC3(CCCCCC3)O[C@]2(C)[C@@H](O)[C@H]1C1COC2(CCCCCC2)O1. The fraction of sp³-hybridized carbons (Fsp3) is 0.828. The summed E-state index contributed by atoms with van der Waals surface area (Å²) < 4.78 is 26.3. The van der Waals surface area contributed by atoms with Crippen molar-refractivity contribution in [2.24, 2.45) is 11.8 Å². The van der Waals surface area contributed by atoms with Crippen LogP contribution in [0.1, 0.15) is 97.3 Å². The Morgan fingerprint density at radius 3 is 2.20 bits per heavy atom. The molecule has 196 valence electrons. The first-order chi connectivity index (χ1) is 16.7. The summed E-state index contributed by atoms with van der Waals surface area (Å²) in [6, 6.07) is 0. The van der Waals surface area contributed by atoms with Crippen molar-refractivity contribution in [3.8, 4) is 0 Å². The summed E-state index contributed by atoms with van der Waals surface area (Å²) in [4.78, 5) is 13.4. The van der Waals surface area contributed by atoms with Gasteiger partial charge < -0.3 is 24.1 Å². The van der Waals surface area contributed by atoms with Crippen LogP contribution < -0.4 is 0 Å². The Morgan fingerprint density at radius 2 is 1.60 bits per heavy atom. The van der Waals surface area contributed by atoms with Crippen molar-refractivity contribution in [3.63, 3.8) is 0 Å². The number of fused-ring (bicyclic) bond motifs is 1. The summed E-state index contributed by atoms with van der Waals surface area (Å²) in [7, 11) is 0. The molecular weight excluding hydrogens is 444 g/mol. The summed E-state index contributed by atoms with van der Waals surface area (Å²) in [5, 5.41) is 12.1. The molecule has 35 heavy (non-hydrogen) atoms. The van der Waals surface area contributed by atoms with Crippen LogP contribution in [0, 0.1) is 11.8 Å². The zero-order valence-corrected chi connectivity index (χ0v) is 21.7. The van der Waals surface area contributed by atoms with Gasteiger partial charge in [-0.1, -0.05) is 51.7 Å². The van der Waals surface area contributed by atoms with E-state index in [0.717, 1.165) is 57.8 Å². The molecule has 0 aromatic carbocycles. The van der Waals surface area contributed by atoms with Gasteiger partial charge in [-0.25, -0.2) is 0 Å². The van der Waals surface area contributed by atoms with Crippen LogP contribution in [0.2, 0.25) is 0 Å². The molecule has 0 aromatic rings. The lowest BCUT2D eigenvalue weighted by atomic mass is 9.74. The van der Waals surface area contributed by atoms with Crippen LogP contribution in [0.25, 0.3) is 0 Å². The van der Waals surface area contributed by atoms with E-state index in [1.165, 1.54) is 25.7 Å². The average Bonchev–Trinajstić information content (AvgIpc) is 3.11. The molecule has 5 fully saturated rings. The second-order valence-electron chi connectivity index (χ2n) is 12.1. The average molecular weight is 489 g/mol. The molecule has 5 aliphatic rings. The van der Waals surface area contributed by atoms with Crippen LogP contribution in [-0.4, -0.2) is 52.8 Å². The van der Waals surface area contributed by atoms with Crippen LogP contribution in [0.15, 0.2) is 24.5 Å². The predicted octanol–water partition coefficient (Wildman–Crippen LogP) is 5.38. The first kappa shape index (κ1) is 25.4. The van der Waals surface area contributed by atoms with Gasteiger partial charge >= 0.3 is 0 Å². The van der Waals surface area contributed by atoms with Crippen LogP contribution >= 0.6 is 0 Å². The lowest BCUT2D eigenvalue weighted by molar-refractivity contribution is -0.209. The fourth-order valence-corrected chi connectivity index (χ4v) is 7.57. The summed E-state index contributed by atoms with van der Waals surface area (Å²) >= 11 is 0. The van der Waals surface area contributed by atoms with E-state index in [2.05, 4.69) is 13.2 Å². The Balaban J connectivity index is 1.49.